The fourth-order valence-corrected chi connectivity index (χ4v) is 2.42. The molecule has 0 aliphatic heterocycles. The van der Waals surface area contributed by atoms with Crippen LogP contribution in [-0.2, 0) is 0 Å². The molecule has 3 rings (SSSR count). The molecular formula is C17H15Cl2O7-. The maximum atomic E-state index is 10.2. The minimum absolute atomic E-state index is 0. The van der Waals surface area contributed by atoms with Gasteiger partial charge in [-0.1, -0.05) is 0 Å². The predicted molar refractivity (Wildman–Crippen MR) is 85.8 cm³/mol. The van der Waals surface area contributed by atoms with Crippen molar-refractivity contribution < 1.29 is 59.1 Å². The topological polar surface area (TPSA) is 111 Å². The van der Waals surface area contributed by atoms with Gasteiger partial charge in [0.1, 0.15) is 16.9 Å². The molecule has 0 saturated carbocycles. The molecule has 1 heterocycles. The molecule has 0 spiro atoms. The minimum Gasteiger partial charge on any atom is -1.00 e. The Morgan fingerprint density at radius 1 is 0.769 bits per heavy atom. The van der Waals surface area contributed by atoms with Gasteiger partial charge in [-0.15, -0.1) is 0 Å². The summed E-state index contributed by atoms with van der Waals surface area (Å²) in [6.45, 7) is 0. The van der Waals surface area contributed by atoms with Crippen LogP contribution >= 0.6 is 0 Å². The van der Waals surface area contributed by atoms with Gasteiger partial charge in [-0.25, -0.2) is 4.42 Å². The Morgan fingerprint density at radius 3 is 1.88 bits per heavy atom. The molecule has 0 fully saturated rings. The molecule has 0 bridgehead atoms. The zero-order valence-corrected chi connectivity index (χ0v) is 15.2. The van der Waals surface area contributed by atoms with Crippen LogP contribution in [0.3, 0.4) is 0 Å². The predicted octanol–water partition coefficient (Wildman–Crippen LogP) is -2.77. The van der Waals surface area contributed by atoms with Crippen molar-refractivity contribution in [2.45, 2.75) is 0 Å². The highest BCUT2D eigenvalue weighted by Crippen LogP contribution is 2.44. The van der Waals surface area contributed by atoms with E-state index in [2.05, 4.69) is 0 Å². The number of methoxy groups -OCH3 is 2. The molecule has 9 heteroatoms. The van der Waals surface area contributed by atoms with Gasteiger partial charge in [0, 0.05) is 24.3 Å². The third-order valence-corrected chi connectivity index (χ3v) is 3.57. The first-order valence-electron chi connectivity index (χ1n) is 6.91. The third-order valence-electron chi connectivity index (χ3n) is 3.57. The highest BCUT2D eigenvalue weighted by atomic mass is 35.5. The van der Waals surface area contributed by atoms with Crippen molar-refractivity contribution in [2.24, 2.45) is 0 Å². The Balaban J connectivity index is 0.00000169. The van der Waals surface area contributed by atoms with Gasteiger partial charge in [0.2, 0.25) is 11.5 Å². The van der Waals surface area contributed by atoms with E-state index in [-0.39, 0.29) is 76.0 Å². The standard InChI is InChI=1S/C17H14O7.2ClH/c1-22-14-3-8(4-15(23-2)16(14)21)17-12(20)7-10-11(19)5-9(18)6-13(10)24-17;;/h3-7H,1-2H3,(H3-,18,19,20,21);2*1H/p-1. The average molecular weight is 402 g/mol. The van der Waals surface area contributed by atoms with E-state index in [1.807, 2.05) is 0 Å². The van der Waals surface area contributed by atoms with Crippen LogP contribution in [0.15, 0.2) is 34.7 Å². The van der Waals surface area contributed by atoms with E-state index in [9.17, 15) is 20.4 Å². The zero-order chi connectivity index (χ0) is 17.4. The van der Waals surface area contributed by atoms with Gasteiger partial charge in [0.25, 0.3) is 0 Å². The Bertz CT molecular complexity index is 919. The zero-order valence-electron chi connectivity index (χ0n) is 13.7. The Morgan fingerprint density at radius 2 is 1.35 bits per heavy atom. The molecule has 3 aromatic rings. The molecule has 26 heavy (non-hydrogen) atoms. The van der Waals surface area contributed by atoms with Gasteiger partial charge in [-0.05, 0) is 0 Å². The second-order valence-corrected chi connectivity index (χ2v) is 5.07. The van der Waals surface area contributed by atoms with Crippen LogP contribution in [0, 0.1) is 0 Å². The molecule has 0 aliphatic carbocycles. The summed E-state index contributed by atoms with van der Waals surface area (Å²) < 4.78 is 15.8. The summed E-state index contributed by atoms with van der Waals surface area (Å²) in [6.07, 6.45) is 0. The fourth-order valence-electron chi connectivity index (χ4n) is 2.42. The van der Waals surface area contributed by atoms with Crippen molar-refractivity contribution in [1.82, 2.24) is 0 Å². The summed E-state index contributed by atoms with van der Waals surface area (Å²) in [7, 11) is 2.76. The molecule has 7 nitrogen and oxygen atoms in total. The second kappa shape index (κ2) is 8.07. The Hall–Kier alpha value is -2.77. The monoisotopic (exact) mass is 401 g/mol. The van der Waals surface area contributed by atoms with Crippen LogP contribution in [0.2, 0.25) is 0 Å². The highest BCUT2D eigenvalue weighted by Gasteiger charge is 2.26. The number of halogens is 2. The summed E-state index contributed by atoms with van der Waals surface area (Å²) in [5.41, 5.74) is 0.551. The van der Waals surface area contributed by atoms with E-state index in [4.69, 9.17) is 13.9 Å². The molecule has 140 valence electrons. The van der Waals surface area contributed by atoms with E-state index >= 15 is 0 Å². The van der Waals surface area contributed by atoms with Crippen molar-refractivity contribution >= 4 is 11.0 Å². The van der Waals surface area contributed by atoms with Crippen molar-refractivity contribution in [3.63, 3.8) is 0 Å². The highest BCUT2D eigenvalue weighted by molar-refractivity contribution is 5.88. The summed E-state index contributed by atoms with van der Waals surface area (Å²) >= 11 is 0. The Labute approximate surface area is 160 Å². The summed E-state index contributed by atoms with van der Waals surface area (Å²) in [6, 6.07) is 6.70. The first-order valence-corrected chi connectivity index (χ1v) is 6.91. The molecule has 0 aliphatic rings. The van der Waals surface area contributed by atoms with E-state index < -0.39 is 0 Å². The van der Waals surface area contributed by atoms with Gasteiger partial charge >= 0.3 is 11.3 Å². The Kier molecular flexibility index (Phi) is 6.60. The molecule has 1 aromatic heterocycles. The number of hydrogen-bond acceptors (Lipinski definition) is 6. The number of ether oxygens (including phenoxy) is 2. The number of benzene rings is 2. The van der Waals surface area contributed by atoms with Gasteiger partial charge in [0.05, 0.1) is 25.8 Å². The minimum atomic E-state index is -0.238. The average Bonchev–Trinajstić information content (AvgIpc) is 2.55. The van der Waals surface area contributed by atoms with Crippen LogP contribution in [0.25, 0.3) is 22.3 Å². The van der Waals surface area contributed by atoms with Crippen molar-refractivity contribution in [3.8, 4) is 45.8 Å². The lowest BCUT2D eigenvalue weighted by atomic mass is 10.1. The number of rotatable bonds is 3. The quantitative estimate of drug-likeness (QED) is 0.351. The number of aromatic hydroxyl groups is 4. The van der Waals surface area contributed by atoms with E-state index in [1.54, 1.807) is 0 Å². The molecule has 0 radical (unpaired) electrons. The number of fused-ring (bicyclic) bond motifs is 1. The molecule has 0 saturated heterocycles. The number of hydrogen-bond donors (Lipinski definition) is 4. The first-order chi connectivity index (χ1) is 11.4. The van der Waals surface area contributed by atoms with Crippen molar-refractivity contribution in [1.29, 1.82) is 0 Å². The summed E-state index contributed by atoms with van der Waals surface area (Å²) in [4.78, 5) is 0. The van der Waals surface area contributed by atoms with Gasteiger partial charge < -0.3 is 54.7 Å². The van der Waals surface area contributed by atoms with E-state index in [0.717, 1.165) is 6.07 Å². The second-order valence-electron chi connectivity index (χ2n) is 5.07. The lowest BCUT2D eigenvalue weighted by Crippen LogP contribution is -3.00. The summed E-state index contributed by atoms with van der Waals surface area (Å²) in [5.74, 6) is -0.491. The van der Waals surface area contributed by atoms with Crippen LogP contribution in [0.1, 0.15) is 0 Å². The molecule has 0 amide bonds. The smallest absolute Gasteiger partial charge is 0.402 e. The van der Waals surface area contributed by atoms with Crippen LogP contribution in [0.5, 0.6) is 34.5 Å². The van der Waals surface area contributed by atoms with Crippen LogP contribution in [0.4, 0.5) is 0 Å². The van der Waals surface area contributed by atoms with Crippen molar-refractivity contribution in [2.75, 3.05) is 14.2 Å². The third kappa shape index (κ3) is 3.58. The van der Waals surface area contributed by atoms with Gasteiger partial charge in [-0.2, -0.15) is 0 Å². The maximum absolute atomic E-state index is 10.2. The normalized spacial score (nSPS) is 9.92. The SMILES string of the molecule is COc1cc(-c2[o+]c3cc(O)cc(O)c3cc2O)cc(OC)c1O.[Cl-].[Cl-]. The molecule has 0 unspecified atom stereocenters. The van der Waals surface area contributed by atoms with Crippen molar-refractivity contribution in [3.05, 3.63) is 30.3 Å². The molecule has 4 N–H and O–H groups in total. The van der Waals surface area contributed by atoms with Crippen LogP contribution < -0.4 is 34.3 Å². The van der Waals surface area contributed by atoms with Crippen LogP contribution in [-0.4, -0.2) is 34.6 Å². The lowest BCUT2D eigenvalue weighted by molar-refractivity contribution is -0.00100. The van der Waals surface area contributed by atoms with Gasteiger partial charge in [-0.3, -0.25) is 0 Å². The molecular weight excluding hydrogens is 387 g/mol. The van der Waals surface area contributed by atoms with E-state index in [1.165, 1.54) is 38.5 Å². The number of phenols is 3. The first kappa shape index (κ1) is 21.3. The number of phenolic OH excluding ortho intramolecular Hbond substituents is 3. The lowest BCUT2D eigenvalue weighted by Gasteiger charge is -2.09. The largest absolute Gasteiger partial charge is 1.00 e. The molecule has 2 aromatic carbocycles. The maximum Gasteiger partial charge on any atom is 0.402 e. The fraction of sp³-hybridized carbons (Fsp3) is 0.118. The van der Waals surface area contributed by atoms with Gasteiger partial charge in [0.15, 0.2) is 11.5 Å². The molecule has 0 atom stereocenters. The summed E-state index contributed by atoms with van der Waals surface area (Å²) in [5, 5.41) is 39.9. The van der Waals surface area contributed by atoms with E-state index in [0.29, 0.717) is 5.56 Å².